The fourth-order valence-electron chi connectivity index (χ4n) is 3.52. The normalized spacial score (nSPS) is 19.7. The minimum Gasteiger partial charge on any atom is -0.444 e. The van der Waals surface area contributed by atoms with E-state index in [0.717, 1.165) is 19.3 Å². The highest BCUT2D eigenvalue weighted by Gasteiger charge is 2.32. The van der Waals surface area contributed by atoms with Gasteiger partial charge in [0.05, 0.1) is 0 Å². The van der Waals surface area contributed by atoms with E-state index in [0.29, 0.717) is 30.9 Å². The van der Waals surface area contributed by atoms with Crippen molar-refractivity contribution < 1.29 is 19.1 Å². The molecule has 2 N–H and O–H groups in total. The highest BCUT2D eigenvalue weighted by atomic mass is 16.6. The van der Waals surface area contributed by atoms with Gasteiger partial charge in [-0.25, -0.2) is 9.59 Å². The van der Waals surface area contributed by atoms with E-state index in [-0.39, 0.29) is 30.1 Å². The molecule has 0 bridgehead atoms. The van der Waals surface area contributed by atoms with Crippen LogP contribution in [0.25, 0.3) is 0 Å². The van der Waals surface area contributed by atoms with Gasteiger partial charge in [-0.2, -0.15) is 0 Å². The van der Waals surface area contributed by atoms with E-state index in [1.165, 1.54) is 0 Å². The second kappa shape index (κ2) is 8.93. The quantitative estimate of drug-likeness (QED) is 0.790. The van der Waals surface area contributed by atoms with Crippen molar-refractivity contribution in [1.29, 1.82) is 0 Å². The molecule has 8 heteroatoms. The molecule has 164 valence electrons. The molecular weight excluding hydrogens is 384 g/mol. The Morgan fingerprint density at radius 2 is 1.73 bits per heavy atom. The number of carbonyl (C=O) groups is 3. The molecule has 1 atom stereocenters. The molecule has 1 aliphatic carbocycles. The van der Waals surface area contributed by atoms with Crippen molar-refractivity contribution in [2.45, 2.75) is 64.6 Å². The molecule has 1 saturated heterocycles. The molecule has 3 rings (SSSR count). The Morgan fingerprint density at radius 3 is 2.27 bits per heavy atom. The third-order valence-electron chi connectivity index (χ3n) is 5.37. The minimum atomic E-state index is -0.544. The van der Waals surface area contributed by atoms with Crippen molar-refractivity contribution >= 4 is 23.7 Å². The lowest BCUT2D eigenvalue weighted by atomic mass is 9.93. The van der Waals surface area contributed by atoms with Gasteiger partial charge in [-0.1, -0.05) is 0 Å². The number of ether oxygens (including phenoxy) is 1. The van der Waals surface area contributed by atoms with Crippen LogP contribution in [0, 0.1) is 0 Å². The number of anilines is 1. The van der Waals surface area contributed by atoms with Gasteiger partial charge in [0.2, 0.25) is 0 Å². The van der Waals surface area contributed by atoms with Gasteiger partial charge in [-0.05, 0) is 71.2 Å². The van der Waals surface area contributed by atoms with Crippen molar-refractivity contribution in [2.75, 3.05) is 25.0 Å². The van der Waals surface area contributed by atoms with Gasteiger partial charge >= 0.3 is 12.1 Å². The highest BCUT2D eigenvalue weighted by Crippen LogP contribution is 2.20. The predicted octanol–water partition coefficient (Wildman–Crippen LogP) is 3.44. The van der Waals surface area contributed by atoms with Crippen LogP contribution in [0.3, 0.4) is 0 Å². The van der Waals surface area contributed by atoms with Crippen LogP contribution in [0.2, 0.25) is 0 Å². The summed E-state index contributed by atoms with van der Waals surface area (Å²) in [5, 5.41) is 5.72. The summed E-state index contributed by atoms with van der Waals surface area (Å²) in [4.78, 5) is 40.6. The number of carbonyl (C=O) groups excluding carboxylic acids is 3. The molecule has 2 aliphatic rings. The summed E-state index contributed by atoms with van der Waals surface area (Å²) in [6.45, 7) is 8.75. The maximum atomic E-state index is 12.9. The Hall–Kier alpha value is -2.77. The SMILES string of the molecule is C[C@H]1CN(C(=O)OC(C)(C)C)CCN1C(=O)c1ccc(NC(=O)NC2CCC2)cc1. The smallest absolute Gasteiger partial charge is 0.410 e. The first-order valence-electron chi connectivity index (χ1n) is 10.6. The van der Waals surface area contributed by atoms with Crippen LogP contribution in [0.15, 0.2) is 24.3 Å². The predicted molar refractivity (Wildman–Crippen MR) is 115 cm³/mol. The van der Waals surface area contributed by atoms with Gasteiger partial charge in [0.1, 0.15) is 5.60 Å². The van der Waals surface area contributed by atoms with Crippen LogP contribution in [-0.2, 0) is 4.74 Å². The topological polar surface area (TPSA) is 91.0 Å². The van der Waals surface area contributed by atoms with Crippen molar-refractivity contribution in [3.8, 4) is 0 Å². The summed E-state index contributed by atoms with van der Waals surface area (Å²) in [6.07, 6.45) is 2.87. The second-order valence-corrected chi connectivity index (χ2v) is 9.08. The van der Waals surface area contributed by atoms with Crippen LogP contribution >= 0.6 is 0 Å². The maximum Gasteiger partial charge on any atom is 0.410 e. The van der Waals surface area contributed by atoms with Crippen molar-refractivity contribution in [3.63, 3.8) is 0 Å². The Bertz CT molecular complexity index is 783. The number of nitrogens with zero attached hydrogens (tertiary/aromatic N) is 2. The number of hydrogen-bond acceptors (Lipinski definition) is 4. The van der Waals surface area contributed by atoms with Crippen LogP contribution in [0.5, 0.6) is 0 Å². The fraction of sp³-hybridized carbons (Fsp3) is 0.591. The number of piperazine rings is 1. The fourth-order valence-corrected chi connectivity index (χ4v) is 3.52. The van der Waals surface area contributed by atoms with E-state index in [4.69, 9.17) is 4.74 Å². The lowest BCUT2D eigenvalue weighted by Gasteiger charge is -2.40. The van der Waals surface area contributed by atoms with Gasteiger partial charge in [-0.3, -0.25) is 4.79 Å². The zero-order chi connectivity index (χ0) is 21.9. The largest absolute Gasteiger partial charge is 0.444 e. The van der Waals surface area contributed by atoms with Gasteiger partial charge in [-0.15, -0.1) is 0 Å². The molecule has 0 unspecified atom stereocenters. The number of rotatable bonds is 3. The molecular formula is C22H32N4O4. The summed E-state index contributed by atoms with van der Waals surface area (Å²) < 4.78 is 5.43. The zero-order valence-electron chi connectivity index (χ0n) is 18.2. The molecule has 30 heavy (non-hydrogen) atoms. The van der Waals surface area contributed by atoms with Gasteiger partial charge in [0.15, 0.2) is 0 Å². The molecule has 1 aromatic rings. The van der Waals surface area contributed by atoms with Gasteiger partial charge in [0, 0.05) is 43.0 Å². The zero-order valence-corrected chi connectivity index (χ0v) is 18.2. The highest BCUT2D eigenvalue weighted by molar-refractivity contribution is 5.96. The lowest BCUT2D eigenvalue weighted by molar-refractivity contribution is 0.00617. The van der Waals surface area contributed by atoms with E-state index in [9.17, 15) is 14.4 Å². The van der Waals surface area contributed by atoms with Gasteiger partial charge in [0.25, 0.3) is 5.91 Å². The van der Waals surface area contributed by atoms with Crippen LogP contribution in [-0.4, -0.2) is 65.2 Å². The molecule has 0 spiro atoms. The third kappa shape index (κ3) is 5.64. The molecule has 1 saturated carbocycles. The van der Waals surface area contributed by atoms with E-state index in [1.807, 2.05) is 27.7 Å². The molecule has 0 aromatic heterocycles. The second-order valence-electron chi connectivity index (χ2n) is 9.08. The number of amides is 4. The molecule has 1 aromatic carbocycles. The monoisotopic (exact) mass is 416 g/mol. The average Bonchev–Trinajstić information content (AvgIpc) is 2.63. The molecule has 8 nitrogen and oxygen atoms in total. The minimum absolute atomic E-state index is 0.0863. The van der Waals surface area contributed by atoms with E-state index >= 15 is 0 Å². The Morgan fingerprint density at radius 1 is 1.07 bits per heavy atom. The first-order valence-corrected chi connectivity index (χ1v) is 10.6. The van der Waals surface area contributed by atoms with E-state index in [2.05, 4.69) is 10.6 Å². The van der Waals surface area contributed by atoms with Crippen LogP contribution in [0.4, 0.5) is 15.3 Å². The molecule has 1 heterocycles. The molecule has 1 aliphatic heterocycles. The number of urea groups is 1. The third-order valence-corrected chi connectivity index (χ3v) is 5.37. The maximum absolute atomic E-state index is 12.9. The summed E-state index contributed by atoms with van der Waals surface area (Å²) in [5.74, 6) is -0.0863. The first kappa shape index (κ1) is 21.9. The van der Waals surface area contributed by atoms with E-state index in [1.54, 1.807) is 34.1 Å². The number of hydrogen-bond donors (Lipinski definition) is 2. The summed E-state index contributed by atoms with van der Waals surface area (Å²) >= 11 is 0. The van der Waals surface area contributed by atoms with Crippen molar-refractivity contribution in [1.82, 2.24) is 15.1 Å². The number of nitrogens with one attached hydrogen (secondary N) is 2. The average molecular weight is 417 g/mol. The summed E-state index contributed by atoms with van der Waals surface area (Å²) in [6, 6.07) is 6.83. The Kier molecular flexibility index (Phi) is 6.53. The standard InChI is InChI=1S/C22H32N4O4/c1-15-14-25(21(29)30-22(2,3)4)12-13-26(15)19(27)16-8-10-18(11-9-16)24-20(28)23-17-6-5-7-17/h8-11,15,17H,5-7,12-14H2,1-4H3,(H2,23,24,28)/t15-/m0/s1. The Labute approximate surface area is 177 Å². The van der Waals surface area contributed by atoms with Gasteiger partial charge < -0.3 is 25.2 Å². The Balaban J connectivity index is 1.53. The molecule has 2 fully saturated rings. The first-order chi connectivity index (χ1) is 14.1. The van der Waals surface area contributed by atoms with Crippen molar-refractivity contribution in [2.24, 2.45) is 0 Å². The molecule has 0 radical (unpaired) electrons. The van der Waals surface area contributed by atoms with Crippen molar-refractivity contribution in [3.05, 3.63) is 29.8 Å². The summed E-state index contributed by atoms with van der Waals surface area (Å²) in [5.41, 5.74) is 0.654. The van der Waals surface area contributed by atoms with E-state index < -0.39 is 5.60 Å². The summed E-state index contributed by atoms with van der Waals surface area (Å²) in [7, 11) is 0. The number of benzene rings is 1. The lowest BCUT2D eigenvalue weighted by Crippen LogP contribution is -2.56. The molecule has 4 amide bonds. The van der Waals surface area contributed by atoms with Crippen LogP contribution < -0.4 is 10.6 Å². The van der Waals surface area contributed by atoms with Crippen LogP contribution in [0.1, 0.15) is 57.3 Å².